The molecule has 0 fully saturated rings. The van der Waals surface area contributed by atoms with E-state index in [2.05, 4.69) is 29.4 Å². The Morgan fingerprint density at radius 3 is 2.77 bits per heavy atom. The van der Waals surface area contributed by atoms with Crippen LogP contribution in [0.15, 0.2) is 29.4 Å². The van der Waals surface area contributed by atoms with Crippen LogP contribution < -0.4 is 11.1 Å². The normalized spacial score (nSPS) is 10.9. The van der Waals surface area contributed by atoms with Gasteiger partial charge in [0.1, 0.15) is 5.82 Å². The van der Waals surface area contributed by atoms with E-state index in [1.165, 1.54) is 11.8 Å². The van der Waals surface area contributed by atoms with E-state index in [9.17, 15) is 9.59 Å². The number of carbonyl (C=O) groups excluding carboxylic acids is 2. The monoisotopic (exact) mass is 395 g/mol. The van der Waals surface area contributed by atoms with Crippen molar-refractivity contribution in [1.82, 2.24) is 14.8 Å². The molecule has 26 heavy (non-hydrogen) atoms. The van der Waals surface area contributed by atoms with Crippen LogP contribution in [0.2, 0.25) is 5.02 Å². The highest BCUT2D eigenvalue weighted by molar-refractivity contribution is 7.99. The first-order valence-electron chi connectivity index (χ1n) is 8.23. The second kappa shape index (κ2) is 9.59. The van der Waals surface area contributed by atoms with Gasteiger partial charge in [0, 0.05) is 30.1 Å². The van der Waals surface area contributed by atoms with Gasteiger partial charge in [-0.2, -0.15) is 0 Å². The van der Waals surface area contributed by atoms with Crippen LogP contribution in [0, 0.1) is 5.92 Å². The van der Waals surface area contributed by atoms with Crippen molar-refractivity contribution in [3.63, 3.8) is 0 Å². The largest absolute Gasteiger partial charge is 0.370 e. The van der Waals surface area contributed by atoms with E-state index < -0.39 is 0 Å². The van der Waals surface area contributed by atoms with Crippen LogP contribution in [0.1, 0.15) is 26.1 Å². The van der Waals surface area contributed by atoms with E-state index in [0.717, 1.165) is 0 Å². The van der Waals surface area contributed by atoms with Crippen LogP contribution in [0.4, 0.5) is 5.69 Å². The summed E-state index contributed by atoms with van der Waals surface area (Å²) in [5, 5.41) is 12.3. The molecule has 0 aliphatic heterocycles. The summed E-state index contributed by atoms with van der Waals surface area (Å²) in [7, 11) is 0. The number of aryl methyl sites for hydroxylation is 1. The molecule has 1 heterocycles. The summed E-state index contributed by atoms with van der Waals surface area (Å²) in [5.41, 5.74) is 5.86. The van der Waals surface area contributed by atoms with E-state index in [-0.39, 0.29) is 24.0 Å². The molecule has 0 atom stereocenters. The summed E-state index contributed by atoms with van der Waals surface area (Å²) in [6.07, 6.45) is 0.653. The van der Waals surface area contributed by atoms with Crippen LogP contribution in [-0.2, 0) is 22.6 Å². The Morgan fingerprint density at radius 1 is 1.35 bits per heavy atom. The lowest BCUT2D eigenvalue weighted by atomic mass is 10.2. The number of anilines is 1. The average Bonchev–Trinajstić information content (AvgIpc) is 2.92. The molecule has 3 N–H and O–H groups in total. The highest BCUT2D eigenvalue weighted by atomic mass is 35.5. The first-order chi connectivity index (χ1) is 12.3. The fourth-order valence-corrected chi connectivity index (χ4v) is 3.24. The third-order valence-electron chi connectivity index (χ3n) is 3.38. The number of carbonyl (C=O) groups is 2. The molecule has 1 aromatic carbocycles. The number of nitrogens with zero attached hydrogens (tertiary/aromatic N) is 3. The van der Waals surface area contributed by atoms with Gasteiger partial charge in [-0.25, -0.2) is 0 Å². The molecule has 9 heteroatoms. The molecular formula is C17H22ClN5O2S. The molecule has 0 saturated carbocycles. The Kier molecular flexibility index (Phi) is 7.47. The quantitative estimate of drug-likeness (QED) is 0.635. The summed E-state index contributed by atoms with van der Waals surface area (Å²) < 4.78 is 1.95. The van der Waals surface area contributed by atoms with Gasteiger partial charge in [0.05, 0.1) is 5.75 Å². The molecule has 140 valence electrons. The van der Waals surface area contributed by atoms with Gasteiger partial charge in [-0.3, -0.25) is 9.59 Å². The van der Waals surface area contributed by atoms with Gasteiger partial charge in [0.2, 0.25) is 11.8 Å². The smallest absolute Gasteiger partial charge is 0.234 e. The molecule has 0 radical (unpaired) electrons. The SMILES string of the molecule is CC(C)Cn1c(CCC(N)=O)nnc1SCC(=O)Nc1cccc(Cl)c1. The molecule has 7 nitrogen and oxygen atoms in total. The van der Waals surface area contributed by atoms with E-state index in [1.54, 1.807) is 24.3 Å². The number of amides is 2. The second-order valence-corrected chi connectivity index (χ2v) is 7.60. The number of aromatic nitrogens is 3. The Morgan fingerprint density at radius 2 is 2.12 bits per heavy atom. The Balaban J connectivity index is 2.01. The minimum absolute atomic E-state index is 0.157. The molecule has 2 amide bonds. The standard InChI is InChI=1S/C17H22ClN5O2S/c1-11(2)9-23-15(7-6-14(19)24)21-22-17(23)26-10-16(25)20-13-5-3-4-12(18)8-13/h3-5,8,11H,6-7,9-10H2,1-2H3,(H2,19,24)(H,20,25). The molecule has 0 aliphatic carbocycles. The zero-order valence-corrected chi connectivity index (χ0v) is 16.3. The Bertz CT molecular complexity index is 778. The van der Waals surface area contributed by atoms with Gasteiger partial charge in [-0.1, -0.05) is 43.3 Å². The highest BCUT2D eigenvalue weighted by Gasteiger charge is 2.16. The third kappa shape index (κ3) is 6.34. The molecule has 2 aromatic rings. The van der Waals surface area contributed by atoms with E-state index in [0.29, 0.717) is 40.6 Å². The van der Waals surface area contributed by atoms with E-state index in [4.69, 9.17) is 17.3 Å². The number of nitrogens with two attached hydrogens (primary N) is 1. The number of halogens is 1. The van der Waals surface area contributed by atoms with Crippen LogP contribution in [0.5, 0.6) is 0 Å². The molecule has 2 rings (SSSR count). The molecule has 0 unspecified atom stereocenters. The van der Waals surface area contributed by atoms with Crippen LogP contribution in [-0.4, -0.2) is 32.3 Å². The van der Waals surface area contributed by atoms with Crippen molar-refractivity contribution in [3.8, 4) is 0 Å². The van der Waals surface area contributed by atoms with Gasteiger partial charge in [-0.15, -0.1) is 10.2 Å². The molecular weight excluding hydrogens is 374 g/mol. The van der Waals surface area contributed by atoms with Crippen LogP contribution in [0.25, 0.3) is 0 Å². The van der Waals surface area contributed by atoms with Crippen LogP contribution >= 0.6 is 23.4 Å². The van der Waals surface area contributed by atoms with Gasteiger partial charge in [0.15, 0.2) is 5.16 Å². The summed E-state index contributed by atoms with van der Waals surface area (Å²) in [5.74, 6) is 0.737. The summed E-state index contributed by atoms with van der Waals surface area (Å²) >= 11 is 7.22. The third-order valence-corrected chi connectivity index (χ3v) is 4.58. The predicted molar refractivity (Wildman–Crippen MR) is 103 cm³/mol. The maximum Gasteiger partial charge on any atom is 0.234 e. The number of primary amides is 1. The predicted octanol–water partition coefficient (Wildman–Crippen LogP) is 2.74. The van der Waals surface area contributed by atoms with Crippen molar-refractivity contribution in [1.29, 1.82) is 0 Å². The van der Waals surface area contributed by atoms with Crippen molar-refractivity contribution in [2.24, 2.45) is 11.7 Å². The number of nitrogens with one attached hydrogen (secondary N) is 1. The lowest BCUT2D eigenvalue weighted by Gasteiger charge is -2.12. The lowest BCUT2D eigenvalue weighted by molar-refractivity contribution is -0.118. The first-order valence-corrected chi connectivity index (χ1v) is 9.60. The van der Waals surface area contributed by atoms with Crippen molar-refractivity contribution in [3.05, 3.63) is 35.1 Å². The number of hydrogen-bond donors (Lipinski definition) is 2. The number of rotatable bonds is 9. The summed E-state index contributed by atoms with van der Waals surface area (Å²) in [6, 6.07) is 6.98. The minimum atomic E-state index is -0.376. The van der Waals surface area contributed by atoms with Crippen molar-refractivity contribution < 1.29 is 9.59 Å². The number of hydrogen-bond acceptors (Lipinski definition) is 5. The highest BCUT2D eigenvalue weighted by Crippen LogP contribution is 2.20. The van der Waals surface area contributed by atoms with Gasteiger partial charge >= 0.3 is 0 Å². The number of thioether (sulfide) groups is 1. The minimum Gasteiger partial charge on any atom is -0.370 e. The molecule has 0 bridgehead atoms. The zero-order chi connectivity index (χ0) is 19.1. The molecule has 1 aromatic heterocycles. The lowest BCUT2D eigenvalue weighted by Crippen LogP contribution is -2.16. The fraction of sp³-hybridized carbons (Fsp3) is 0.412. The van der Waals surface area contributed by atoms with Gasteiger partial charge < -0.3 is 15.6 Å². The van der Waals surface area contributed by atoms with Crippen molar-refractivity contribution >= 4 is 40.9 Å². The van der Waals surface area contributed by atoms with Crippen molar-refractivity contribution in [2.45, 2.75) is 38.4 Å². The van der Waals surface area contributed by atoms with Crippen LogP contribution in [0.3, 0.4) is 0 Å². The average molecular weight is 396 g/mol. The summed E-state index contributed by atoms with van der Waals surface area (Å²) in [4.78, 5) is 23.2. The van der Waals surface area contributed by atoms with Gasteiger partial charge in [-0.05, 0) is 24.1 Å². The first kappa shape index (κ1) is 20.3. The second-order valence-electron chi connectivity index (χ2n) is 6.22. The fourth-order valence-electron chi connectivity index (χ4n) is 2.29. The van der Waals surface area contributed by atoms with E-state index in [1.807, 2.05) is 4.57 Å². The molecule has 0 saturated heterocycles. The maximum absolute atomic E-state index is 12.2. The van der Waals surface area contributed by atoms with Gasteiger partial charge in [0.25, 0.3) is 0 Å². The summed E-state index contributed by atoms with van der Waals surface area (Å²) in [6.45, 7) is 4.87. The molecule has 0 aliphatic rings. The van der Waals surface area contributed by atoms with E-state index >= 15 is 0 Å². The topological polar surface area (TPSA) is 103 Å². The molecule has 0 spiro atoms. The Hall–Kier alpha value is -2.06. The number of benzene rings is 1. The zero-order valence-electron chi connectivity index (χ0n) is 14.7. The Labute approximate surface area is 161 Å². The maximum atomic E-state index is 12.2. The van der Waals surface area contributed by atoms with Crippen molar-refractivity contribution in [2.75, 3.05) is 11.1 Å².